The van der Waals surface area contributed by atoms with Gasteiger partial charge in [-0.1, -0.05) is 32.5 Å². The number of amides is 1. The SMILES string of the molecule is CC(C)(C)Sc1ccc2nn(CC(=O)Nc3ccc(F)cc3F)c(=O)n2n1. The average Bonchev–Trinajstić information content (AvgIpc) is 2.85. The summed E-state index contributed by atoms with van der Waals surface area (Å²) in [6.45, 7) is 5.64. The van der Waals surface area contributed by atoms with Gasteiger partial charge in [0, 0.05) is 10.8 Å². The Morgan fingerprint density at radius 3 is 2.59 bits per heavy atom. The predicted octanol–water partition coefficient (Wildman–Crippen LogP) is 2.70. The number of nitrogens with one attached hydrogen (secondary N) is 1. The molecule has 0 spiro atoms. The quantitative estimate of drug-likeness (QED) is 0.690. The molecule has 0 fully saturated rings. The number of fused-ring (bicyclic) bond motifs is 1. The van der Waals surface area contributed by atoms with E-state index in [9.17, 15) is 18.4 Å². The molecule has 0 atom stereocenters. The van der Waals surface area contributed by atoms with Crippen molar-refractivity contribution in [2.24, 2.45) is 0 Å². The molecule has 3 aromatic rings. The summed E-state index contributed by atoms with van der Waals surface area (Å²) in [6.07, 6.45) is 0. The first-order chi connectivity index (χ1) is 12.6. The van der Waals surface area contributed by atoms with Crippen LogP contribution in [0.4, 0.5) is 14.5 Å². The van der Waals surface area contributed by atoms with Crippen LogP contribution >= 0.6 is 11.8 Å². The van der Waals surface area contributed by atoms with E-state index in [2.05, 4.69) is 15.5 Å². The van der Waals surface area contributed by atoms with E-state index in [1.54, 1.807) is 12.1 Å². The summed E-state index contributed by atoms with van der Waals surface area (Å²) in [5, 5.41) is 11.2. The van der Waals surface area contributed by atoms with Gasteiger partial charge < -0.3 is 5.32 Å². The van der Waals surface area contributed by atoms with Gasteiger partial charge >= 0.3 is 5.69 Å². The second kappa shape index (κ2) is 7.10. The molecule has 0 aliphatic rings. The summed E-state index contributed by atoms with van der Waals surface area (Å²) < 4.78 is 28.5. The summed E-state index contributed by atoms with van der Waals surface area (Å²) in [6, 6.07) is 6.16. The van der Waals surface area contributed by atoms with Gasteiger partial charge in [0.1, 0.15) is 23.2 Å². The maximum atomic E-state index is 13.6. The maximum absolute atomic E-state index is 13.6. The van der Waals surface area contributed by atoms with E-state index in [1.165, 1.54) is 11.8 Å². The zero-order chi connectivity index (χ0) is 19.8. The minimum Gasteiger partial charge on any atom is -0.322 e. The van der Waals surface area contributed by atoms with E-state index in [0.29, 0.717) is 16.7 Å². The molecule has 0 saturated heterocycles. The Morgan fingerprint density at radius 1 is 1.19 bits per heavy atom. The molecule has 0 unspecified atom stereocenters. The lowest BCUT2D eigenvalue weighted by Gasteiger charge is -2.16. The van der Waals surface area contributed by atoms with Crippen molar-refractivity contribution in [1.82, 2.24) is 19.4 Å². The summed E-state index contributed by atoms with van der Waals surface area (Å²) in [5.41, 5.74) is -0.477. The Balaban J connectivity index is 1.81. The number of benzene rings is 1. The van der Waals surface area contributed by atoms with Gasteiger partial charge in [-0.15, -0.1) is 5.10 Å². The highest BCUT2D eigenvalue weighted by Gasteiger charge is 2.17. The molecule has 1 N–H and O–H groups in total. The van der Waals surface area contributed by atoms with Gasteiger partial charge in [0.2, 0.25) is 5.91 Å². The van der Waals surface area contributed by atoms with E-state index in [0.717, 1.165) is 21.3 Å². The lowest BCUT2D eigenvalue weighted by Crippen LogP contribution is -2.29. The number of rotatable bonds is 4. The normalized spacial score (nSPS) is 11.7. The average molecular weight is 393 g/mol. The Hall–Kier alpha value is -2.75. The number of aromatic nitrogens is 4. The van der Waals surface area contributed by atoms with Gasteiger partial charge in [-0.05, 0) is 24.3 Å². The van der Waals surface area contributed by atoms with Gasteiger partial charge in [0.15, 0.2) is 5.65 Å². The zero-order valence-electron chi connectivity index (χ0n) is 14.9. The number of nitrogens with zero attached hydrogens (tertiary/aromatic N) is 4. The molecule has 142 valence electrons. The van der Waals surface area contributed by atoms with E-state index in [4.69, 9.17) is 0 Å². The van der Waals surface area contributed by atoms with Gasteiger partial charge in [0.05, 0.1) is 5.69 Å². The lowest BCUT2D eigenvalue weighted by molar-refractivity contribution is -0.117. The van der Waals surface area contributed by atoms with Crippen molar-refractivity contribution < 1.29 is 13.6 Å². The highest BCUT2D eigenvalue weighted by atomic mass is 32.2. The number of hydrogen-bond acceptors (Lipinski definition) is 5. The van der Waals surface area contributed by atoms with Crippen LogP contribution in [0.5, 0.6) is 0 Å². The zero-order valence-corrected chi connectivity index (χ0v) is 15.7. The van der Waals surface area contributed by atoms with Gasteiger partial charge in [0.25, 0.3) is 0 Å². The fraction of sp³-hybridized carbons (Fsp3) is 0.294. The van der Waals surface area contributed by atoms with Crippen LogP contribution in [0.1, 0.15) is 20.8 Å². The lowest BCUT2D eigenvalue weighted by atomic mass is 10.3. The van der Waals surface area contributed by atoms with Crippen molar-refractivity contribution in [2.45, 2.75) is 37.1 Å². The van der Waals surface area contributed by atoms with Crippen molar-refractivity contribution in [2.75, 3.05) is 5.32 Å². The van der Waals surface area contributed by atoms with Crippen molar-refractivity contribution in [3.05, 3.63) is 52.5 Å². The van der Waals surface area contributed by atoms with E-state index in [1.807, 2.05) is 20.8 Å². The van der Waals surface area contributed by atoms with Crippen LogP contribution in [-0.2, 0) is 11.3 Å². The molecule has 0 aliphatic heterocycles. The first-order valence-electron chi connectivity index (χ1n) is 8.03. The molecule has 7 nitrogen and oxygen atoms in total. The van der Waals surface area contributed by atoms with Gasteiger partial charge in [-0.3, -0.25) is 4.79 Å². The third-order valence-electron chi connectivity index (χ3n) is 3.33. The number of hydrogen-bond donors (Lipinski definition) is 1. The summed E-state index contributed by atoms with van der Waals surface area (Å²) in [4.78, 5) is 24.5. The van der Waals surface area contributed by atoms with Crippen LogP contribution in [0.25, 0.3) is 5.65 Å². The molecule has 10 heteroatoms. The van der Waals surface area contributed by atoms with E-state index < -0.39 is 29.8 Å². The monoisotopic (exact) mass is 393 g/mol. The third kappa shape index (κ3) is 4.51. The number of carbonyl (C=O) groups is 1. The van der Waals surface area contributed by atoms with Crippen LogP contribution in [0.3, 0.4) is 0 Å². The molecule has 0 aliphatic carbocycles. The van der Waals surface area contributed by atoms with Crippen LogP contribution in [0.2, 0.25) is 0 Å². The number of carbonyl (C=O) groups excluding carboxylic acids is 1. The van der Waals surface area contributed by atoms with Crippen molar-refractivity contribution in [3.8, 4) is 0 Å². The molecule has 0 radical (unpaired) electrons. The second-order valence-electron chi connectivity index (χ2n) is 6.77. The Morgan fingerprint density at radius 2 is 1.93 bits per heavy atom. The number of thioether (sulfide) groups is 1. The number of halogens is 2. The van der Waals surface area contributed by atoms with E-state index in [-0.39, 0.29) is 10.4 Å². The standard InChI is InChI=1S/C17H17F2N5O2S/c1-17(2,3)27-15-7-6-13-21-23(16(26)24(13)22-15)9-14(25)20-12-5-4-10(18)8-11(12)19/h4-8H,9H2,1-3H3,(H,20,25). The Kier molecular flexibility index (Phi) is 5.01. The minimum absolute atomic E-state index is 0.0839. The van der Waals surface area contributed by atoms with Crippen molar-refractivity contribution in [3.63, 3.8) is 0 Å². The summed E-state index contributed by atoms with van der Waals surface area (Å²) in [7, 11) is 0. The highest BCUT2D eigenvalue weighted by Crippen LogP contribution is 2.29. The summed E-state index contributed by atoms with van der Waals surface area (Å²) in [5.74, 6) is -2.33. The van der Waals surface area contributed by atoms with Crippen molar-refractivity contribution >= 4 is 29.0 Å². The predicted molar refractivity (Wildman–Crippen MR) is 97.8 cm³/mol. The Labute approximate surface area is 157 Å². The van der Waals surface area contributed by atoms with Crippen LogP contribution in [0, 0.1) is 11.6 Å². The molecular formula is C17H17F2N5O2S. The maximum Gasteiger partial charge on any atom is 0.367 e. The first kappa shape index (κ1) is 19.0. The Bertz CT molecular complexity index is 1070. The van der Waals surface area contributed by atoms with Crippen LogP contribution < -0.4 is 11.0 Å². The molecule has 1 aromatic carbocycles. The molecule has 2 aromatic heterocycles. The fourth-order valence-corrected chi connectivity index (χ4v) is 3.17. The topological polar surface area (TPSA) is 81.3 Å². The largest absolute Gasteiger partial charge is 0.367 e. The second-order valence-corrected chi connectivity index (χ2v) is 8.62. The van der Waals surface area contributed by atoms with Crippen LogP contribution in [0.15, 0.2) is 40.2 Å². The fourth-order valence-electron chi connectivity index (χ4n) is 2.28. The molecule has 3 rings (SSSR count). The molecular weight excluding hydrogens is 376 g/mol. The smallest absolute Gasteiger partial charge is 0.322 e. The first-order valence-corrected chi connectivity index (χ1v) is 8.85. The van der Waals surface area contributed by atoms with Crippen molar-refractivity contribution in [1.29, 1.82) is 0 Å². The molecule has 27 heavy (non-hydrogen) atoms. The molecule has 1 amide bonds. The highest BCUT2D eigenvalue weighted by molar-refractivity contribution is 8.00. The van der Waals surface area contributed by atoms with Gasteiger partial charge in [-0.2, -0.15) is 9.61 Å². The minimum atomic E-state index is -0.906. The number of anilines is 1. The summed E-state index contributed by atoms with van der Waals surface area (Å²) >= 11 is 1.49. The molecule has 0 saturated carbocycles. The van der Waals surface area contributed by atoms with Crippen LogP contribution in [-0.4, -0.2) is 30.0 Å². The van der Waals surface area contributed by atoms with Gasteiger partial charge in [-0.25, -0.2) is 18.3 Å². The van der Waals surface area contributed by atoms with E-state index >= 15 is 0 Å². The molecule has 2 heterocycles. The molecule has 0 bridgehead atoms. The third-order valence-corrected chi connectivity index (χ3v) is 4.36.